The third kappa shape index (κ3) is 1.50. The second-order valence-electron chi connectivity index (χ2n) is 3.39. The van der Waals surface area contributed by atoms with Crippen LogP contribution in [0, 0.1) is 0 Å². The van der Waals surface area contributed by atoms with E-state index in [1.807, 2.05) is 12.1 Å². The maximum absolute atomic E-state index is 5.59. The Kier molecular flexibility index (Phi) is 2.48. The van der Waals surface area contributed by atoms with Crippen molar-refractivity contribution in [3.8, 4) is 0 Å². The van der Waals surface area contributed by atoms with Gasteiger partial charge in [-0.25, -0.2) is 9.97 Å². The Morgan fingerprint density at radius 1 is 1.36 bits per heavy atom. The smallest absolute Gasteiger partial charge is 0.246 e. The lowest BCUT2D eigenvalue weighted by Gasteiger charge is -2.05. The van der Waals surface area contributed by atoms with E-state index in [9.17, 15) is 0 Å². The van der Waals surface area contributed by atoms with Crippen molar-refractivity contribution in [3.05, 3.63) is 24.2 Å². The maximum Gasteiger partial charge on any atom is 0.246 e. The van der Waals surface area contributed by atoms with Gasteiger partial charge in [0.15, 0.2) is 0 Å². The highest BCUT2D eigenvalue weighted by atomic mass is 16.4. The molecule has 0 saturated heterocycles. The van der Waals surface area contributed by atoms with Crippen molar-refractivity contribution in [2.75, 3.05) is 0 Å². The molecule has 2 aromatic rings. The van der Waals surface area contributed by atoms with Gasteiger partial charge in [-0.05, 0) is 25.0 Å². The van der Waals surface area contributed by atoms with E-state index in [2.05, 4.69) is 23.8 Å². The van der Waals surface area contributed by atoms with Gasteiger partial charge in [0.1, 0.15) is 5.52 Å². The summed E-state index contributed by atoms with van der Waals surface area (Å²) in [7, 11) is 0. The van der Waals surface area contributed by atoms with Crippen molar-refractivity contribution in [2.45, 2.75) is 32.6 Å². The van der Waals surface area contributed by atoms with Crippen LogP contribution in [-0.4, -0.2) is 9.97 Å². The lowest BCUT2D eigenvalue weighted by atomic mass is 10.0. The van der Waals surface area contributed by atoms with Crippen LogP contribution in [0.5, 0.6) is 0 Å². The van der Waals surface area contributed by atoms with Crippen LogP contribution < -0.4 is 0 Å². The quantitative estimate of drug-likeness (QED) is 0.746. The summed E-state index contributed by atoms with van der Waals surface area (Å²) in [6, 6.07) is 3.80. The molecule has 74 valence electrons. The molecule has 0 bridgehead atoms. The fourth-order valence-electron chi connectivity index (χ4n) is 1.60. The molecule has 0 radical (unpaired) electrons. The molecule has 0 aliphatic heterocycles. The monoisotopic (exact) mass is 190 g/mol. The normalized spacial score (nSPS) is 11.4. The van der Waals surface area contributed by atoms with Crippen LogP contribution in [0.1, 0.15) is 38.5 Å². The van der Waals surface area contributed by atoms with Crippen LogP contribution in [0.4, 0.5) is 0 Å². The first kappa shape index (κ1) is 9.19. The summed E-state index contributed by atoms with van der Waals surface area (Å²) in [4.78, 5) is 8.55. The van der Waals surface area contributed by atoms with Crippen molar-refractivity contribution in [3.63, 3.8) is 0 Å². The zero-order chi connectivity index (χ0) is 9.97. The minimum Gasteiger partial charge on any atom is -0.422 e. The summed E-state index contributed by atoms with van der Waals surface area (Å²) in [6.07, 6.45) is 3.84. The average molecular weight is 190 g/mol. The van der Waals surface area contributed by atoms with Gasteiger partial charge in [0, 0.05) is 12.1 Å². The van der Waals surface area contributed by atoms with Crippen LogP contribution in [0.2, 0.25) is 0 Å². The molecule has 0 unspecified atom stereocenters. The molecule has 2 rings (SSSR count). The van der Waals surface area contributed by atoms with E-state index in [-0.39, 0.29) is 0 Å². The van der Waals surface area contributed by atoms with E-state index in [4.69, 9.17) is 4.42 Å². The third-order valence-corrected chi connectivity index (χ3v) is 2.52. The van der Waals surface area contributed by atoms with Gasteiger partial charge in [0.05, 0.1) is 0 Å². The first-order valence-electron chi connectivity index (χ1n) is 5.06. The van der Waals surface area contributed by atoms with E-state index in [0.29, 0.717) is 11.6 Å². The zero-order valence-corrected chi connectivity index (χ0v) is 8.53. The van der Waals surface area contributed by atoms with Crippen LogP contribution in [-0.2, 0) is 0 Å². The third-order valence-electron chi connectivity index (χ3n) is 2.52. The predicted octanol–water partition coefficient (Wildman–Crippen LogP) is 3.13. The Morgan fingerprint density at radius 3 is 2.79 bits per heavy atom. The first-order chi connectivity index (χ1) is 6.85. The first-order valence-corrected chi connectivity index (χ1v) is 5.06. The van der Waals surface area contributed by atoms with Gasteiger partial charge in [0.2, 0.25) is 11.6 Å². The fourth-order valence-corrected chi connectivity index (χ4v) is 1.60. The molecular formula is C11H14N2O. The molecule has 2 heterocycles. The Balaban J connectivity index is 2.43. The van der Waals surface area contributed by atoms with Crippen LogP contribution in [0.15, 0.2) is 22.7 Å². The van der Waals surface area contributed by atoms with Crippen molar-refractivity contribution < 1.29 is 4.42 Å². The lowest BCUT2D eigenvalue weighted by molar-refractivity contribution is 0.449. The molecule has 3 nitrogen and oxygen atoms in total. The number of fused-ring (bicyclic) bond motifs is 1. The van der Waals surface area contributed by atoms with E-state index in [1.54, 1.807) is 6.20 Å². The Labute approximate surface area is 83.2 Å². The molecule has 14 heavy (non-hydrogen) atoms. The molecule has 0 aliphatic rings. The van der Waals surface area contributed by atoms with Gasteiger partial charge in [-0.1, -0.05) is 13.8 Å². The van der Waals surface area contributed by atoms with Gasteiger partial charge in [-0.15, -0.1) is 0 Å². The number of rotatable bonds is 3. The summed E-state index contributed by atoms with van der Waals surface area (Å²) in [5, 5.41) is 0. The second kappa shape index (κ2) is 3.78. The van der Waals surface area contributed by atoms with E-state index in [1.165, 1.54) is 0 Å². The van der Waals surface area contributed by atoms with E-state index in [0.717, 1.165) is 24.2 Å². The molecule has 0 spiro atoms. The van der Waals surface area contributed by atoms with E-state index >= 15 is 0 Å². The van der Waals surface area contributed by atoms with Crippen LogP contribution >= 0.6 is 0 Å². The highest BCUT2D eigenvalue weighted by Gasteiger charge is 2.14. The number of aromatic nitrogens is 2. The van der Waals surface area contributed by atoms with Gasteiger partial charge >= 0.3 is 0 Å². The molecular weight excluding hydrogens is 176 g/mol. The summed E-state index contributed by atoms with van der Waals surface area (Å²) in [6.45, 7) is 4.30. The van der Waals surface area contributed by atoms with Crippen molar-refractivity contribution in [1.82, 2.24) is 9.97 Å². The number of oxazole rings is 1. The predicted molar refractivity (Wildman–Crippen MR) is 55.1 cm³/mol. The summed E-state index contributed by atoms with van der Waals surface area (Å²) < 4.78 is 5.59. The molecule has 3 heteroatoms. The molecule has 0 fully saturated rings. The van der Waals surface area contributed by atoms with Gasteiger partial charge in [-0.2, -0.15) is 0 Å². The van der Waals surface area contributed by atoms with Gasteiger partial charge in [0.25, 0.3) is 0 Å². The van der Waals surface area contributed by atoms with Crippen molar-refractivity contribution in [2.24, 2.45) is 0 Å². The standard InChI is InChI=1S/C11H14N2O/c1-3-8(4-2)10-13-9-6-5-7-12-11(9)14-10/h5-8H,3-4H2,1-2H3. The number of hydrogen-bond acceptors (Lipinski definition) is 3. The Bertz CT molecular complexity index is 385. The zero-order valence-electron chi connectivity index (χ0n) is 8.53. The minimum absolute atomic E-state index is 0.421. The average Bonchev–Trinajstić information content (AvgIpc) is 2.63. The second-order valence-corrected chi connectivity index (χ2v) is 3.39. The highest BCUT2D eigenvalue weighted by Crippen LogP contribution is 2.24. The SMILES string of the molecule is CCC(CC)c1nc2cccnc2o1. The minimum atomic E-state index is 0.421. The maximum atomic E-state index is 5.59. The molecule has 2 aromatic heterocycles. The topological polar surface area (TPSA) is 38.9 Å². The van der Waals surface area contributed by atoms with E-state index < -0.39 is 0 Å². The largest absolute Gasteiger partial charge is 0.422 e. The summed E-state index contributed by atoms with van der Waals surface area (Å²) in [5.74, 6) is 1.24. The molecule has 0 aliphatic carbocycles. The Morgan fingerprint density at radius 2 is 2.14 bits per heavy atom. The molecule has 0 atom stereocenters. The molecule has 0 saturated carbocycles. The van der Waals surface area contributed by atoms with Crippen LogP contribution in [0.25, 0.3) is 11.2 Å². The molecule has 0 N–H and O–H groups in total. The summed E-state index contributed by atoms with van der Waals surface area (Å²) >= 11 is 0. The highest BCUT2D eigenvalue weighted by molar-refractivity contribution is 5.67. The number of hydrogen-bond donors (Lipinski definition) is 0. The number of pyridine rings is 1. The van der Waals surface area contributed by atoms with Gasteiger partial charge in [-0.3, -0.25) is 0 Å². The fraction of sp³-hybridized carbons (Fsp3) is 0.455. The summed E-state index contributed by atoms with van der Waals surface area (Å²) in [5.41, 5.74) is 1.50. The lowest BCUT2D eigenvalue weighted by Crippen LogP contribution is -1.94. The van der Waals surface area contributed by atoms with Gasteiger partial charge < -0.3 is 4.42 Å². The number of nitrogens with zero attached hydrogens (tertiary/aromatic N) is 2. The molecule has 0 aromatic carbocycles. The van der Waals surface area contributed by atoms with Crippen LogP contribution in [0.3, 0.4) is 0 Å². The molecule has 0 amide bonds. The van der Waals surface area contributed by atoms with Crippen molar-refractivity contribution >= 4 is 11.2 Å². The van der Waals surface area contributed by atoms with Crippen molar-refractivity contribution in [1.29, 1.82) is 0 Å². The Hall–Kier alpha value is -1.38.